The zero-order valence-electron chi connectivity index (χ0n) is 15.3. The molecule has 140 valence electrons. The van der Waals surface area contributed by atoms with E-state index in [9.17, 15) is 4.79 Å². The van der Waals surface area contributed by atoms with Crippen molar-refractivity contribution in [2.45, 2.75) is 6.92 Å². The van der Waals surface area contributed by atoms with Gasteiger partial charge in [0, 0.05) is 11.8 Å². The Hall–Kier alpha value is -3.52. The van der Waals surface area contributed by atoms with Gasteiger partial charge >= 0.3 is 0 Å². The number of ether oxygens (including phenoxy) is 1. The molecular formula is C20H17N5O2S. The lowest BCUT2D eigenvalue weighted by Crippen LogP contribution is -2.12. The first-order valence-corrected chi connectivity index (χ1v) is 9.36. The fourth-order valence-electron chi connectivity index (χ4n) is 2.75. The molecular weight excluding hydrogens is 374 g/mol. The molecule has 1 N–H and O–H groups in total. The average Bonchev–Trinajstić information content (AvgIpc) is 3.35. The molecule has 0 bridgehead atoms. The highest BCUT2D eigenvalue weighted by atomic mass is 32.1. The molecule has 1 amide bonds. The number of aromatic nitrogens is 4. The van der Waals surface area contributed by atoms with Crippen LogP contribution >= 0.6 is 11.3 Å². The van der Waals surface area contributed by atoms with Gasteiger partial charge in [0.05, 0.1) is 18.4 Å². The Morgan fingerprint density at radius 2 is 1.93 bits per heavy atom. The van der Waals surface area contributed by atoms with Gasteiger partial charge in [-0.1, -0.05) is 41.7 Å². The van der Waals surface area contributed by atoms with Crippen LogP contribution in [-0.4, -0.2) is 33.0 Å². The summed E-state index contributed by atoms with van der Waals surface area (Å²) in [6.45, 7) is 1.84. The Balaban J connectivity index is 1.78. The number of methoxy groups -OCH3 is 1. The molecule has 4 rings (SSSR count). The normalized spacial score (nSPS) is 10.6. The Kier molecular flexibility index (Phi) is 4.86. The van der Waals surface area contributed by atoms with Crippen LogP contribution in [0.5, 0.6) is 5.75 Å². The van der Waals surface area contributed by atoms with E-state index in [-0.39, 0.29) is 5.91 Å². The Bertz CT molecular complexity index is 1120. The second-order valence-electron chi connectivity index (χ2n) is 5.98. The number of amides is 1. The van der Waals surface area contributed by atoms with E-state index in [0.29, 0.717) is 22.1 Å². The van der Waals surface area contributed by atoms with E-state index in [1.807, 2.05) is 61.5 Å². The van der Waals surface area contributed by atoms with Crippen LogP contribution in [0.15, 0.2) is 60.8 Å². The van der Waals surface area contributed by atoms with Crippen LogP contribution in [0, 0.1) is 6.92 Å². The fraction of sp³-hybridized carbons (Fsp3) is 0.100. The highest BCUT2D eigenvalue weighted by molar-refractivity contribution is 7.15. The summed E-state index contributed by atoms with van der Waals surface area (Å²) in [6, 6.07) is 17.1. The minimum absolute atomic E-state index is 0.295. The monoisotopic (exact) mass is 391 g/mol. The number of hydrogen-bond acceptors (Lipinski definition) is 6. The summed E-state index contributed by atoms with van der Waals surface area (Å²) in [5, 5.41) is 16.6. The Morgan fingerprint density at radius 1 is 1.11 bits per heavy atom. The maximum atomic E-state index is 13.0. The van der Waals surface area contributed by atoms with E-state index in [1.54, 1.807) is 18.0 Å². The number of rotatable bonds is 5. The van der Waals surface area contributed by atoms with Gasteiger partial charge in [-0.05, 0) is 31.2 Å². The molecule has 2 aromatic heterocycles. The summed E-state index contributed by atoms with van der Waals surface area (Å²) in [5.41, 5.74) is 2.64. The molecule has 0 spiro atoms. The number of hydrogen-bond donors (Lipinski definition) is 1. The number of carbonyl (C=O) groups excluding carboxylic acids is 1. The second-order valence-corrected chi connectivity index (χ2v) is 7.17. The highest BCUT2D eigenvalue weighted by Gasteiger charge is 2.20. The first kappa shape index (κ1) is 17.9. The number of aryl methyl sites for hydroxylation is 1. The van der Waals surface area contributed by atoms with E-state index in [4.69, 9.17) is 4.74 Å². The smallest absolute Gasteiger partial charge is 0.261 e. The first-order valence-electron chi connectivity index (χ1n) is 8.55. The van der Waals surface area contributed by atoms with Gasteiger partial charge in [-0.3, -0.25) is 10.1 Å². The minimum Gasteiger partial charge on any atom is -0.497 e. The largest absolute Gasteiger partial charge is 0.497 e. The molecule has 0 aliphatic rings. The third-order valence-electron chi connectivity index (χ3n) is 4.07. The number of para-hydroxylation sites is 1. The lowest BCUT2D eigenvalue weighted by atomic mass is 10.1. The van der Waals surface area contributed by atoms with Crippen LogP contribution in [-0.2, 0) is 0 Å². The van der Waals surface area contributed by atoms with Gasteiger partial charge in [-0.2, -0.15) is 5.10 Å². The van der Waals surface area contributed by atoms with E-state index >= 15 is 0 Å². The first-order chi connectivity index (χ1) is 13.6. The van der Waals surface area contributed by atoms with Crippen LogP contribution in [0.3, 0.4) is 0 Å². The SMILES string of the molecule is COc1cccc(-c2nn(-c3ccccc3)cc2C(=O)Nc2nnc(C)s2)c1. The van der Waals surface area contributed by atoms with Crippen molar-refractivity contribution in [3.05, 3.63) is 71.4 Å². The number of nitrogens with one attached hydrogen (secondary N) is 1. The molecule has 28 heavy (non-hydrogen) atoms. The predicted molar refractivity (Wildman–Crippen MR) is 108 cm³/mol. The van der Waals surface area contributed by atoms with E-state index in [2.05, 4.69) is 20.6 Å². The lowest BCUT2D eigenvalue weighted by molar-refractivity contribution is 0.102. The molecule has 0 aliphatic heterocycles. The molecule has 0 unspecified atom stereocenters. The molecule has 2 aromatic carbocycles. The Morgan fingerprint density at radius 3 is 2.64 bits per heavy atom. The quantitative estimate of drug-likeness (QED) is 0.557. The maximum Gasteiger partial charge on any atom is 0.261 e. The van der Waals surface area contributed by atoms with Gasteiger partial charge in [0.15, 0.2) is 0 Å². The van der Waals surface area contributed by atoms with Gasteiger partial charge in [0.25, 0.3) is 5.91 Å². The zero-order chi connectivity index (χ0) is 19.5. The number of benzene rings is 2. The topological polar surface area (TPSA) is 81.9 Å². The lowest BCUT2D eigenvalue weighted by Gasteiger charge is -2.04. The molecule has 4 aromatic rings. The van der Waals surface area contributed by atoms with Crippen molar-refractivity contribution < 1.29 is 9.53 Å². The molecule has 0 fully saturated rings. The van der Waals surface area contributed by atoms with Crippen molar-refractivity contribution in [1.29, 1.82) is 0 Å². The van der Waals surface area contributed by atoms with Crippen molar-refractivity contribution in [3.63, 3.8) is 0 Å². The molecule has 2 heterocycles. The molecule has 0 atom stereocenters. The third-order valence-corrected chi connectivity index (χ3v) is 4.82. The van der Waals surface area contributed by atoms with E-state index < -0.39 is 0 Å². The van der Waals surface area contributed by atoms with Crippen LogP contribution < -0.4 is 10.1 Å². The van der Waals surface area contributed by atoms with Gasteiger partial charge < -0.3 is 4.74 Å². The van der Waals surface area contributed by atoms with Crippen molar-refractivity contribution >= 4 is 22.4 Å². The summed E-state index contributed by atoms with van der Waals surface area (Å²) in [6.07, 6.45) is 1.72. The average molecular weight is 391 g/mol. The maximum absolute atomic E-state index is 13.0. The number of nitrogens with zero attached hydrogens (tertiary/aromatic N) is 4. The standard InChI is InChI=1S/C20H17N5O2S/c1-13-22-23-20(28-13)21-19(26)17-12-25(15-8-4-3-5-9-15)24-18(17)14-7-6-10-16(11-14)27-2/h3-12H,1-2H3,(H,21,23,26). The minimum atomic E-state index is -0.295. The van der Waals surface area contributed by atoms with Crippen molar-refractivity contribution in [2.24, 2.45) is 0 Å². The van der Waals surface area contributed by atoms with Crippen LogP contribution in [0.1, 0.15) is 15.4 Å². The predicted octanol–water partition coefficient (Wildman–Crippen LogP) is 3.96. The second kappa shape index (κ2) is 7.61. The fourth-order valence-corrected chi connectivity index (χ4v) is 3.34. The van der Waals surface area contributed by atoms with Crippen molar-refractivity contribution in [2.75, 3.05) is 12.4 Å². The summed E-state index contributed by atoms with van der Waals surface area (Å²) < 4.78 is 7.00. The van der Waals surface area contributed by atoms with Gasteiger partial charge in [-0.15, -0.1) is 10.2 Å². The summed E-state index contributed by atoms with van der Waals surface area (Å²) in [4.78, 5) is 13.0. The number of carbonyl (C=O) groups is 1. The van der Waals surface area contributed by atoms with Gasteiger partial charge in [0.1, 0.15) is 16.5 Å². The molecule has 7 nitrogen and oxygen atoms in total. The molecule has 0 saturated heterocycles. The number of anilines is 1. The Labute approximate surface area is 165 Å². The van der Waals surface area contributed by atoms with E-state index in [0.717, 1.165) is 16.3 Å². The van der Waals surface area contributed by atoms with Crippen LogP contribution in [0.4, 0.5) is 5.13 Å². The van der Waals surface area contributed by atoms with Crippen molar-refractivity contribution in [1.82, 2.24) is 20.0 Å². The van der Waals surface area contributed by atoms with Crippen LogP contribution in [0.25, 0.3) is 16.9 Å². The van der Waals surface area contributed by atoms with Crippen molar-refractivity contribution in [3.8, 4) is 22.7 Å². The molecule has 8 heteroatoms. The van der Waals surface area contributed by atoms with Crippen LogP contribution in [0.2, 0.25) is 0 Å². The summed E-state index contributed by atoms with van der Waals surface area (Å²) >= 11 is 1.32. The highest BCUT2D eigenvalue weighted by Crippen LogP contribution is 2.28. The van der Waals surface area contributed by atoms with Gasteiger partial charge in [0.2, 0.25) is 5.13 Å². The summed E-state index contributed by atoms with van der Waals surface area (Å²) in [7, 11) is 1.60. The summed E-state index contributed by atoms with van der Waals surface area (Å²) in [5.74, 6) is 0.397. The van der Waals surface area contributed by atoms with E-state index in [1.165, 1.54) is 11.3 Å². The van der Waals surface area contributed by atoms with Gasteiger partial charge in [-0.25, -0.2) is 4.68 Å². The molecule has 0 aliphatic carbocycles. The zero-order valence-corrected chi connectivity index (χ0v) is 16.1. The molecule has 0 saturated carbocycles. The third kappa shape index (κ3) is 3.63. The molecule has 0 radical (unpaired) electrons.